The molecule has 1 amide bonds. The Bertz CT molecular complexity index is 575. The highest BCUT2D eigenvalue weighted by Gasteiger charge is 2.28. The third kappa shape index (κ3) is 2.53. The van der Waals surface area contributed by atoms with Crippen molar-refractivity contribution in [3.8, 4) is 5.69 Å². The van der Waals surface area contributed by atoms with E-state index in [1.54, 1.807) is 4.68 Å². The summed E-state index contributed by atoms with van der Waals surface area (Å²) in [6.45, 7) is 3.82. The predicted molar refractivity (Wildman–Crippen MR) is 73.3 cm³/mol. The van der Waals surface area contributed by atoms with E-state index in [-0.39, 0.29) is 11.8 Å². The molecule has 1 unspecified atom stereocenters. The van der Waals surface area contributed by atoms with Crippen LogP contribution in [-0.2, 0) is 4.79 Å². The molecule has 7 heteroatoms. The SMILES string of the molecule is CC(C(=O)Nc1ccc(-n2cnnn2)cc1)C1CNC1. The van der Waals surface area contributed by atoms with Crippen molar-refractivity contribution in [2.45, 2.75) is 6.92 Å². The fourth-order valence-corrected chi connectivity index (χ4v) is 2.11. The summed E-state index contributed by atoms with van der Waals surface area (Å²) >= 11 is 0. The van der Waals surface area contributed by atoms with Gasteiger partial charge in [-0.05, 0) is 53.7 Å². The first kappa shape index (κ1) is 12.7. The molecule has 2 aromatic rings. The van der Waals surface area contributed by atoms with Gasteiger partial charge in [0.15, 0.2) is 0 Å². The van der Waals surface area contributed by atoms with Gasteiger partial charge in [0, 0.05) is 11.6 Å². The maximum absolute atomic E-state index is 12.1. The van der Waals surface area contributed by atoms with Crippen molar-refractivity contribution in [1.29, 1.82) is 0 Å². The van der Waals surface area contributed by atoms with Crippen LogP contribution in [0, 0.1) is 11.8 Å². The van der Waals surface area contributed by atoms with E-state index in [1.165, 1.54) is 6.33 Å². The molecule has 20 heavy (non-hydrogen) atoms. The van der Waals surface area contributed by atoms with Crippen LogP contribution in [0.2, 0.25) is 0 Å². The minimum Gasteiger partial charge on any atom is -0.326 e. The van der Waals surface area contributed by atoms with Crippen LogP contribution in [0.25, 0.3) is 5.69 Å². The summed E-state index contributed by atoms with van der Waals surface area (Å²) in [6.07, 6.45) is 1.53. The van der Waals surface area contributed by atoms with E-state index in [2.05, 4.69) is 26.2 Å². The molecule has 2 heterocycles. The van der Waals surface area contributed by atoms with Crippen molar-refractivity contribution in [2.75, 3.05) is 18.4 Å². The normalized spacial score (nSPS) is 16.4. The number of hydrogen-bond donors (Lipinski definition) is 2. The van der Waals surface area contributed by atoms with E-state index in [0.717, 1.165) is 24.5 Å². The number of nitrogens with one attached hydrogen (secondary N) is 2. The molecule has 1 saturated heterocycles. The van der Waals surface area contributed by atoms with E-state index >= 15 is 0 Å². The number of rotatable bonds is 4. The lowest BCUT2D eigenvalue weighted by molar-refractivity contribution is -0.121. The van der Waals surface area contributed by atoms with Crippen LogP contribution >= 0.6 is 0 Å². The second-order valence-electron chi connectivity index (χ2n) is 5.00. The number of tetrazole rings is 1. The molecule has 1 aromatic carbocycles. The monoisotopic (exact) mass is 272 g/mol. The first-order chi connectivity index (χ1) is 9.74. The lowest BCUT2D eigenvalue weighted by Crippen LogP contribution is -2.48. The summed E-state index contributed by atoms with van der Waals surface area (Å²) < 4.78 is 1.56. The summed E-state index contributed by atoms with van der Waals surface area (Å²) in [6, 6.07) is 7.42. The van der Waals surface area contributed by atoms with Gasteiger partial charge in [0.1, 0.15) is 6.33 Å². The number of benzene rings is 1. The highest BCUT2D eigenvalue weighted by molar-refractivity contribution is 5.92. The van der Waals surface area contributed by atoms with Crippen molar-refractivity contribution < 1.29 is 4.79 Å². The number of hydrogen-bond acceptors (Lipinski definition) is 5. The highest BCUT2D eigenvalue weighted by atomic mass is 16.1. The van der Waals surface area contributed by atoms with Gasteiger partial charge < -0.3 is 10.6 Å². The van der Waals surface area contributed by atoms with Gasteiger partial charge in [-0.15, -0.1) is 5.10 Å². The maximum atomic E-state index is 12.1. The van der Waals surface area contributed by atoms with Gasteiger partial charge in [-0.25, -0.2) is 4.68 Å². The molecule has 0 bridgehead atoms. The Morgan fingerprint density at radius 2 is 2.15 bits per heavy atom. The molecular weight excluding hydrogens is 256 g/mol. The Balaban J connectivity index is 1.64. The average Bonchev–Trinajstić information content (AvgIpc) is 2.91. The summed E-state index contributed by atoms with van der Waals surface area (Å²) in [5.41, 5.74) is 1.63. The summed E-state index contributed by atoms with van der Waals surface area (Å²) in [7, 11) is 0. The van der Waals surface area contributed by atoms with Crippen molar-refractivity contribution in [1.82, 2.24) is 25.5 Å². The minimum absolute atomic E-state index is 0.0236. The van der Waals surface area contributed by atoms with Crippen LogP contribution in [-0.4, -0.2) is 39.2 Å². The van der Waals surface area contributed by atoms with Crippen molar-refractivity contribution in [3.63, 3.8) is 0 Å². The van der Waals surface area contributed by atoms with E-state index in [4.69, 9.17) is 0 Å². The summed E-state index contributed by atoms with van der Waals surface area (Å²) in [4.78, 5) is 12.1. The Labute approximate surface area is 116 Å². The fraction of sp³-hybridized carbons (Fsp3) is 0.385. The van der Waals surface area contributed by atoms with Gasteiger partial charge in [-0.2, -0.15) is 0 Å². The molecule has 104 valence electrons. The van der Waals surface area contributed by atoms with Crippen LogP contribution in [0.5, 0.6) is 0 Å². The second kappa shape index (κ2) is 5.38. The molecular formula is C13H16N6O. The van der Waals surface area contributed by atoms with Gasteiger partial charge >= 0.3 is 0 Å². The van der Waals surface area contributed by atoms with Gasteiger partial charge in [-0.3, -0.25) is 4.79 Å². The minimum atomic E-state index is 0.0236. The Morgan fingerprint density at radius 1 is 1.40 bits per heavy atom. The van der Waals surface area contributed by atoms with Crippen LogP contribution in [0.4, 0.5) is 5.69 Å². The van der Waals surface area contributed by atoms with Crippen LogP contribution in [0.3, 0.4) is 0 Å². The lowest BCUT2D eigenvalue weighted by Gasteiger charge is -2.31. The highest BCUT2D eigenvalue weighted by Crippen LogP contribution is 2.19. The first-order valence-electron chi connectivity index (χ1n) is 6.59. The average molecular weight is 272 g/mol. The molecule has 3 rings (SSSR count). The topological polar surface area (TPSA) is 84.7 Å². The van der Waals surface area contributed by atoms with Gasteiger partial charge in [0.2, 0.25) is 5.91 Å². The van der Waals surface area contributed by atoms with Crippen LogP contribution < -0.4 is 10.6 Å². The van der Waals surface area contributed by atoms with Gasteiger partial charge in [0.05, 0.1) is 5.69 Å². The molecule has 2 N–H and O–H groups in total. The largest absolute Gasteiger partial charge is 0.326 e. The zero-order chi connectivity index (χ0) is 13.9. The van der Waals surface area contributed by atoms with Crippen molar-refractivity contribution in [3.05, 3.63) is 30.6 Å². The number of nitrogens with zero attached hydrogens (tertiary/aromatic N) is 4. The molecule has 1 aromatic heterocycles. The predicted octanol–water partition coefficient (Wildman–Crippen LogP) is 0.456. The van der Waals surface area contributed by atoms with Crippen LogP contribution in [0.15, 0.2) is 30.6 Å². The summed E-state index contributed by atoms with van der Waals surface area (Å²) in [5.74, 6) is 0.526. The fourth-order valence-electron chi connectivity index (χ4n) is 2.11. The molecule has 1 atom stereocenters. The number of amides is 1. The number of anilines is 1. The van der Waals surface area contributed by atoms with E-state index < -0.39 is 0 Å². The quantitative estimate of drug-likeness (QED) is 0.844. The molecule has 0 aliphatic carbocycles. The lowest BCUT2D eigenvalue weighted by atomic mass is 9.88. The number of carbonyl (C=O) groups is 1. The third-order valence-corrected chi connectivity index (χ3v) is 3.68. The standard InChI is InChI=1S/C13H16N6O/c1-9(10-6-14-7-10)13(20)16-11-2-4-12(5-3-11)19-8-15-17-18-19/h2-5,8-10,14H,6-7H2,1H3,(H,16,20). The molecule has 0 spiro atoms. The van der Waals surface area contributed by atoms with Gasteiger partial charge in [0.25, 0.3) is 0 Å². The second-order valence-corrected chi connectivity index (χ2v) is 5.00. The molecule has 1 fully saturated rings. The molecule has 1 aliphatic heterocycles. The van der Waals surface area contributed by atoms with Crippen molar-refractivity contribution in [2.24, 2.45) is 11.8 Å². The van der Waals surface area contributed by atoms with Gasteiger partial charge in [-0.1, -0.05) is 6.92 Å². The Morgan fingerprint density at radius 3 is 2.70 bits per heavy atom. The number of carbonyl (C=O) groups excluding carboxylic acids is 1. The van der Waals surface area contributed by atoms with E-state index in [9.17, 15) is 4.79 Å². The summed E-state index contributed by atoms with van der Waals surface area (Å²) in [5, 5.41) is 17.1. The molecule has 7 nitrogen and oxygen atoms in total. The van der Waals surface area contributed by atoms with Crippen molar-refractivity contribution >= 4 is 11.6 Å². The first-order valence-corrected chi connectivity index (χ1v) is 6.59. The molecule has 0 saturated carbocycles. The van der Waals surface area contributed by atoms with E-state index in [1.807, 2.05) is 31.2 Å². The maximum Gasteiger partial charge on any atom is 0.227 e. The Kier molecular flexibility index (Phi) is 3.42. The molecule has 1 aliphatic rings. The zero-order valence-electron chi connectivity index (χ0n) is 11.2. The smallest absolute Gasteiger partial charge is 0.227 e. The molecule has 0 radical (unpaired) electrons. The zero-order valence-corrected chi connectivity index (χ0v) is 11.2. The van der Waals surface area contributed by atoms with Crippen LogP contribution in [0.1, 0.15) is 6.92 Å². The Hall–Kier alpha value is -2.28. The number of aromatic nitrogens is 4. The van der Waals surface area contributed by atoms with E-state index in [0.29, 0.717) is 5.92 Å². The third-order valence-electron chi connectivity index (χ3n) is 3.68.